The lowest BCUT2D eigenvalue weighted by Crippen LogP contribution is -2.46. The van der Waals surface area contributed by atoms with E-state index in [9.17, 15) is 24.3 Å². The van der Waals surface area contributed by atoms with Gasteiger partial charge in [0.25, 0.3) is 0 Å². The fraction of sp³-hybridized carbons (Fsp3) is 0.677. The molecule has 4 rings (SSSR count). The van der Waals surface area contributed by atoms with Gasteiger partial charge in [-0.25, -0.2) is 0 Å². The maximum atomic E-state index is 13.8. The number of amides is 3. The Morgan fingerprint density at radius 2 is 1.71 bits per heavy atom. The van der Waals surface area contributed by atoms with Crippen LogP contribution in [0.2, 0.25) is 0 Å². The van der Waals surface area contributed by atoms with Gasteiger partial charge in [0.05, 0.1) is 40.2 Å². The van der Waals surface area contributed by atoms with E-state index in [0.717, 1.165) is 42.3 Å². The fourth-order valence-electron chi connectivity index (χ4n) is 6.34. The number of fused-ring (bicyclic) bond motifs is 1. The number of hydrogen-bond donors (Lipinski definition) is 1. The van der Waals surface area contributed by atoms with Crippen LogP contribution in [-0.4, -0.2) is 121 Å². The molecule has 2 fully saturated rings. The molecule has 11 nitrogen and oxygen atoms in total. The van der Waals surface area contributed by atoms with Crippen LogP contribution in [0.3, 0.4) is 0 Å². The first-order chi connectivity index (χ1) is 20.0. The average molecular weight is 588 g/mol. The van der Waals surface area contributed by atoms with Crippen LogP contribution < -0.4 is 9.47 Å². The van der Waals surface area contributed by atoms with Crippen molar-refractivity contribution in [1.82, 2.24) is 14.7 Å². The molecule has 1 aromatic rings. The van der Waals surface area contributed by atoms with E-state index >= 15 is 0 Å². The van der Waals surface area contributed by atoms with Crippen molar-refractivity contribution in [3.8, 4) is 11.5 Å². The number of unbranched alkanes of at least 4 members (excludes halogenated alkanes) is 2. The first-order valence-corrected chi connectivity index (χ1v) is 15.3. The van der Waals surface area contributed by atoms with Crippen LogP contribution >= 0.6 is 0 Å². The number of rotatable bonds is 15. The van der Waals surface area contributed by atoms with E-state index in [1.54, 1.807) is 6.07 Å². The van der Waals surface area contributed by atoms with E-state index < -0.39 is 23.8 Å². The SMILES string of the molecule is CCCCN(CCCC[N+](C)(C)C)C(=O)CN1C[C@H](c2ccc3c(c2)OCO3)[C@@H](C(=O)O)[C@@H]1CCN1C(=O)CCC1=O. The molecule has 232 valence electrons. The Balaban J connectivity index is 1.54. The number of quaternary nitrogens is 1. The second kappa shape index (κ2) is 13.9. The molecule has 11 heteroatoms. The van der Waals surface area contributed by atoms with E-state index in [4.69, 9.17) is 9.47 Å². The van der Waals surface area contributed by atoms with Gasteiger partial charge in [-0.2, -0.15) is 0 Å². The molecule has 0 radical (unpaired) electrons. The van der Waals surface area contributed by atoms with Crippen molar-refractivity contribution in [2.45, 2.75) is 63.8 Å². The predicted octanol–water partition coefficient (Wildman–Crippen LogP) is 2.54. The first-order valence-electron chi connectivity index (χ1n) is 15.3. The molecule has 0 aliphatic carbocycles. The lowest BCUT2D eigenvalue weighted by Gasteiger charge is -2.31. The zero-order valence-electron chi connectivity index (χ0n) is 25.5. The maximum absolute atomic E-state index is 13.8. The lowest BCUT2D eigenvalue weighted by atomic mass is 9.84. The van der Waals surface area contributed by atoms with Gasteiger partial charge in [-0.05, 0) is 43.4 Å². The summed E-state index contributed by atoms with van der Waals surface area (Å²) >= 11 is 0. The number of likely N-dealkylation sites (tertiary alicyclic amines) is 2. The zero-order valence-corrected chi connectivity index (χ0v) is 25.5. The second-order valence-corrected chi connectivity index (χ2v) is 12.8. The van der Waals surface area contributed by atoms with Gasteiger partial charge in [0.1, 0.15) is 0 Å². The standard InChI is InChI=1S/C31H46N4O7/c1-5-6-14-32(15-7-8-17-35(2,3)4)29(38)20-33-19-23(22-9-10-25-26(18-22)42-21-41-25)30(31(39)40)24(33)13-16-34-27(36)11-12-28(34)37/h9-10,18,23-24,30H,5-8,11-17,19-21H2,1-4H3/p+1/t23-,24+,30-/m1/s1. The number of benzene rings is 1. The average Bonchev–Trinajstić information content (AvgIpc) is 3.63. The van der Waals surface area contributed by atoms with E-state index in [2.05, 4.69) is 28.1 Å². The third kappa shape index (κ3) is 7.80. The van der Waals surface area contributed by atoms with Crippen LogP contribution in [0.1, 0.15) is 63.4 Å². The number of carboxylic acids is 1. The first kappa shape index (κ1) is 31.7. The lowest BCUT2D eigenvalue weighted by molar-refractivity contribution is -0.870. The minimum Gasteiger partial charge on any atom is -0.481 e. The van der Waals surface area contributed by atoms with Crippen molar-refractivity contribution >= 4 is 23.7 Å². The van der Waals surface area contributed by atoms with E-state index in [1.807, 2.05) is 21.9 Å². The molecule has 1 aromatic carbocycles. The van der Waals surface area contributed by atoms with Crippen molar-refractivity contribution in [2.24, 2.45) is 5.92 Å². The summed E-state index contributed by atoms with van der Waals surface area (Å²) in [5.41, 5.74) is 0.808. The van der Waals surface area contributed by atoms with E-state index in [0.29, 0.717) is 37.6 Å². The molecule has 0 bridgehead atoms. The summed E-state index contributed by atoms with van der Waals surface area (Å²) in [5, 5.41) is 10.5. The van der Waals surface area contributed by atoms with Crippen molar-refractivity contribution in [1.29, 1.82) is 0 Å². The summed E-state index contributed by atoms with van der Waals surface area (Å²) < 4.78 is 11.9. The Hall–Kier alpha value is -3.18. The number of ether oxygens (including phenoxy) is 2. The summed E-state index contributed by atoms with van der Waals surface area (Å²) in [6, 6.07) is 4.98. The third-order valence-electron chi connectivity index (χ3n) is 8.64. The number of hydrogen-bond acceptors (Lipinski definition) is 7. The van der Waals surface area contributed by atoms with Crippen LogP contribution in [-0.2, 0) is 19.2 Å². The van der Waals surface area contributed by atoms with E-state index in [-0.39, 0.29) is 50.4 Å². The van der Waals surface area contributed by atoms with E-state index in [1.165, 1.54) is 4.90 Å². The zero-order chi connectivity index (χ0) is 30.4. The summed E-state index contributed by atoms with van der Waals surface area (Å²) in [6.45, 7) is 5.20. The van der Waals surface area contributed by atoms with Gasteiger partial charge in [0, 0.05) is 51.0 Å². The molecule has 3 aliphatic rings. The number of nitrogens with zero attached hydrogens (tertiary/aromatic N) is 4. The molecule has 0 spiro atoms. The molecule has 3 amide bonds. The summed E-state index contributed by atoms with van der Waals surface area (Å²) in [7, 11) is 6.48. The van der Waals surface area contributed by atoms with Gasteiger partial charge in [0.2, 0.25) is 24.5 Å². The summed E-state index contributed by atoms with van der Waals surface area (Å²) in [4.78, 5) is 56.3. The molecule has 2 saturated heterocycles. The quantitative estimate of drug-likeness (QED) is 0.189. The van der Waals surface area contributed by atoms with Crippen LogP contribution in [0.15, 0.2) is 18.2 Å². The minimum absolute atomic E-state index is 0.0116. The van der Waals surface area contributed by atoms with Crippen molar-refractivity contribution in [3.63, 3.8) is 0 Å². The van der Waals surface area contributed by atoms with Crippen molar-refractivity contribution in [3.05, 3.63) is 23.8 Å². The van der Waals surface area contributed by atoms with Gasteiger partial charge in [-0.3, -0.25) is 29.0 Å². The summed E-state index contributed by atoms with van der Waals surface area (Å²) in [5.74, 6) is -1.43. The molecule has 0 unspecified atom stereocenters. The summed E-state index contributed by atoms with van der Waals surface area (Å²) in [6.07, 6.45) is 4.47. The highest BCUT2D eigenvalue weighted by Crippen LogP contribution is 2.43. The normalized spacial score (nSPS) is 22.3. The van der Waals surface area contributed by atoms with Crippen LogP contribution in [0.4, 0.5) is 0 Å². The van der Waals surface area contributed by atoms with Gasteiger partial charge >= 0.3 is 5.97 Å². The van der Waals surface area contributed by atoms with Crippen molar-refractivity contribution < 1.29 is 38.2 Å². The van der Waals surface area contributed by atoms with Crippen LogP contribution in [0, 0.1) is 5.92 Å². The minimum atomic E-state index is -0.958. The third-order valence-corrected chi connectivity index (χ3v) is 8.64. The smallest absolute Gasteiger partial charge is 0.308 e. The Bertz CT molecular complexity index is 1130. The topological polar surface area (TPSA) is 117 Å². The van der Waals surface area contributed by atoms with Gasteiger partial charge < -0.3 is 24.0 Å². The number of carbonyl (C=O) groups is 4. The molecule has 3 heterocycles. The predicted molar refractivity (Wildman–Crippen MR) is 156 cm³/mol. The Kier molecular flexibility index (Phi) is 10.5. The Morgan fingerprint density at radius 1 is 1.02 bits per heavy atom. The molecule has 0 saturated carbocycles. The van der Waals surface area contributed by atoms with Crippen molar-refractivity contribution in [2.75, 3.05) is 67.2 Å². The Labute approximate surface area is 248 Å². The Morgan fingerprint density at radius 3 is 2.38 bits per heavy atom. The molecular weight excluding hydrogens is 540 g/mol. The molecule has 0 aromatic heterocycles. The van der Waals surface area contributed by atoms with Gasteiger partial charge in [-0.15, -0.1) is 0 Å². The maximum Gasteiger partial charge on any atom is 0.308 e. The number of carboxylic acid groups (broad SMARTS) is 1. The molecular formula is C31H47N4O7+. The van der Waals surface area contributed by atoms with Crippen LogP contribution in [0.25, 0.3) is 0 Å². The molecule has 3 aliphatic heterocycles. The second-order valence-electron chi connectivity index (χ2n) is 12.8. The van der Waals surface area contributed by atoms with Gasteiger partial charge in [-0.1, -0.05) is 19.4 Å². The number of carbonyl (C=O) groups excluding carboxylic acids is 3. The monoisotopic (exact) mass is 587 g/mol. The highest BCUT2D eigenvalue weighted by molar-refractivity contribution is 6.01. The molecule has 42 heavy (non-hydrogen) atoms. The molecule has 3 atom stereocenters. The van der Waals surface area contributed by atoms with Gasteiger partial charge in [0.15, 0.2) is 11.5 Å². The largest absolute Gasteiger partial charge is 0.481 e. The highest BCUT2D eigenvalue weighted by Gasteiger charge is 2.48. The number of aliphatic carboxylic acids is 1. The number of imide groups is 1. The molecule has 1 N–H and O–H groups in total. The van der Waals surface area contributed by atoms with Crippen LogP contribution in [0.5, 0.6) is 11.5 Å². The fourth-order valence-corrected chi connectivity index (χ4v) is 6.34. The highest BCUT2D eigenvalue weighted by atomic mass is 16.7.